The second kappa shape index (κ2) is 9.59. The minimum atomic E-state index is -0.161. The zero-order chi connectivity index (χ0) is 21.7. The Labute approximate surface area is 185 Å². The number of hydrogen-bond acceptors (Lipinski definition) is 7. The third-order valence-corrected chi connectivity index (χ3v) is 6.34. The first-order chi connectivity index (χ1) is 14.3. The van der Waals surface area contributed by atoms with Crippen molar-refractivity contribution in [1.82, 2.24) is 9.97 Å². The summed E-state index contributed by atoms with van der Waals surface area (Å²) < 4.78 is 6.00. The molecule has 1 amide bonds. The summed E-state index contributed by atoms with van der Waals surface area (Å²) in [5.41, 5.74) is 7.72. The third-order valence-electron chi connectivity index (χ3n) is 4.37. The highest BCUT2D eigenvalue weighted by Crippen LogP contribution is 2.39. The second-order valence-electron chi connectivity index (χ2n) is 7.80. The van der Waals surface area contributed by atoms with Crippen LogP contribution in [0, 0.1) is 0 Å². The van der Waals surface area contributed by atoms with Gasteiger partial charge in [-0.25, -0.2) is 9.97 Å². The number of anilines is 1. The number of thiazole rings is 1. The van der Waals surface area contributed by atoms with Gasteiger partial charge in [-0.05, 0) is 17.2 Å². The summed E-state index contributed by atoms with van der Waals surface area (Å²) in [4.78, 5) is 21.9. The van der Waals surface area contributed by atoms with Crippen LogP contribution in [0.4, 0.5) is 5.13 Å². The van der Waals surface area contributed by atoms with Gasteiger partial charge in [-0.2, -0.15) is 0 Å². The van der Waals surface area contributed by atoms with Crippen LogP contribution in [0.3, 0.4) is 0 Å². The van der Waals surface area contributed by atoms with E-state index in [2.05, 4.69) is 42.6 Å². The molecule has 30 heavy (non-hydrogen) atoms. The summed E-state index contributed by atoms with van der Waals surface area (Å²) >= 11 is 2.96. The van der Waals surface area contributed by atoms with Crippen LogP contribution in [-0.4, -0.2) is 15.9 Å². The maximum Gasteiger partial charge on any atom is 0.230 e. The Morgan fingerprint density at radius 2 is 2.20 bits per heavy atom. The number of oxazole rings is 1. The molecular weight excluding hydrogens is 416 g/mol. The van der Waals surface area contributed by atoms with E-state index in [1.807, 2.05) is 29.7 Å². The lowest BCUT2D eigenvalue weighted by atomic mass is 9.94. The molecule has 0 aliphatic heterocycles. The number of carbonyl (C=O) groups is 1. The molecule has 0 aliphatic carbocycles. The summed E-state index contributed by atoms with van der Waals surface area (Å²) in [6.45, 7) is 10.6. The summed E-state index contributed by atoms with van der Waals surface area (Å²) in [7, 11) is 0. The first-order valence-corrected chi connectivity index (χ1v) is 11.3. The van der Waals surface area contributed by atoms with Crippen molar-refractivity contribution in [2.75, 3.05) is 5.32 Å². The van der Waals surface area contributed by atoms with Crippen molar-refractivity contribution in [2.24, 2.45) is 5.73 Å². The van der Waals surface area contributed by atoms with Gasteiger partial charge in [-0.15, -0.1) is 29.7 Å². The van der Waals surface area contributed by atoms with Gasteiger partial charge in [0, 0.05) is 28.4 Å². The standard InChI is InChI=1S/C22H26N4O2S2/c1-5-16(20-25-13-18(28-20)22(2,3)4)30-17-10-14(6-7-15(17)12-23)11-19(27)26-21-24-8-9-29-21/h5-10,13,16H,1,11-12,23H2,2-4H3,(H,24,26,27). The third kappa shape index (κ3) is 5.59. The second-order valence-corrected chi connectivity index (χ2v) is 9.87. The minimum absolute atomic E-state index is 0.107. The van der Waals surface area contributed by atoms with E-state index < -0.39 is 0 Å². The lowest BCUT2D eigenvalue weighted by Crippen LogP contribution is -2.14. The Morgan fingerprint density at radius 1 is 1.40 bits per heavy atom. The number of amides is 1. The van der Waals surface area contributed by atoms with Crippen LogP contribution in [0.25, 0.3) is 0 Å². The molecule has 1 atom stereocenters. The van der Waals surface area contributed by atoms with Crippen LogP contribution < -0.4 is 11.1 Å². The largest absolute Gasteiger partial charge is 0.444 e. The Hall–Kier alpha value is -2.42. The van der Waals surface area contributed by atoms with Gasteiger partial charge in [-0.1, -0.05) is 39.0 Å². The first-order valence-electron chi connectivity index (χ1n) is 9.56. The molecule has 2 heterocycles. The van der Waals surface area contributed by atoms with E-state index in [0.29, 0.717) is 17.6 Å². The summed E-state index contributed by atoms with van der Waals surface area (Å²) in [6.07, 6.45) is 5.50. The number of benzene rings is 1. The molecule has 8 heteroatoms. The summed E-state index contributed by atoms with van der Waals surface area (Å²) in [5, 5.41) is 5.07. The number of nitrogens with one attached hydrogen (secondary N) is 1. The molecule has 3 aromatic rings. The molecule has 0 spiro atoms. The molecule has 0 fully saturated rings. The lowest BCUT2D eigenvalue weighted by molar-refractivity contribution is -0.115. The van der Waals surface area contributed by atoms with E-state index in [1.165, 1.54) is 11.3 Å². The van der Waals surface area contributed by atoms with Gasteiger partial charge in [-0.3, -0.25) is 4.79 Å². The number of aromatic nitrogens is 2. The van der Waals surface area contributed by atoms with Gasteiger partial charge in [0.2, 0.25) is 11.8 Å². The van der Waals surface area contributed by atoms with Gasteiger partial charge in [0.25, 0.3) is 0 Å². The van der Waals surface area contributed by atoms with Crippen molar-refractivity contribution in [2.45, 2.75) is 49.3 Å². The molecule has 3 rings (SSSR count). The van der Waals surface area contributed by atoms with Crippen LogP contribution >= 0.6 is 23.1 Å². The van der Waals surface area contributed by atoms with Crippen molar-refractivity contribution >= 4 is 34.1 Å². The van der Waals surface area contributed by atoms with Crippen molar-refractivity contribution in [3.63, 3.8) is 0 Å². The smallest absolute Gasteiger partial charge is 0.230 e. The topological polar surface area (TPSA) is 94.0 Å². The Kier molecular flexibility index (Phi) is 7.12. The van der Waals surface area contributed by atoms with Gasteiger partial charge >= 0.3 is 0 Å². The highest BCUT2D eigenvalue weighted by Gasteiger charge is 2.23. The number of nitrogens with two attached hydrogens (primary N) is 1. The van der Waals surface area contributed by atoms with E-state index in [0.717, 1.165) is 21.8 Å². The Bertz CT molecular complexity index is 1010. The van der Waals surface area contributed by atoms with E-state index in [4.69, 9.17) is 10.2 Å². The highest BCUT2D eigenvalue weighted by molar-refractivity contribution is 7.99. The van der Waals surface area contributed by atoms with Gasteiger partial charge in [0.15, 0.2) is 5.13 Å². The molecular formula is C22H26N4O2S2. The average Bonchev–Trinajstić information content (AvgIpc) is 3.38. The fourth-order valence-corrected chi connectivity index (χ4v) is 4.37. The monoisotopic (exact) mass is 442 g/mol. The molecule has 0 radical (unpaired) electrons. The Balaban J connectivity index is 1.77. The molecule has 1 unspecified atom stereocenters. The number of nitrogens with zero attached hydrogens (tertiary/aromatic N) is 2. The molecule has 2 aromatic heterocycles. The fourth-order valence-electron chi connectivity index (χ4n) is 2.72. The highest BCUT2D eigenvalue weighted by atomic mass is 32.2. The maximum absolute atomic E-state index is 12.3. The van der Waals surface area contributed by atoms with Crippen molar-refractivity contribution in [1.29, 1.82) is 0 Å². The van der Waals surface area contributed by atoms with E-state index in [9.17, 15) is 4.79 Å². The molecule has 0 aliphatic rings. The van der Waals surface area contributed by atoms with Gasteiger partial charge in [0.1, 0.15) is 11.0 Å². The molecule has 0 saturated carbocycles. The van der Waals surface area contributed by atoms with Crippen molar-refractivity contribution in [3.8, 4) is 0 Å². The van der Waals surface area contributed by atoms with Gasteiger partial charge < -0.3 is 15.5 Å². The zero-order valence-electron chi connectivity index (χ0n) is 17.3. The SMILES string of the molecule is C=CC(Sc1cc(CC(=O)Nc2nccs2)ccc1CN)c1ncc(C(C)(C)C)o1. The average molecular weight is 443 g/mol. The molecule has 3 N–H and O–H groups in total. The van der Waals surface area contributed by atoms with Crippen LogP contribution in [-0.2, 0) is 23.2 Å². The van der Waals surface area contributed by atoms with Crippen LogP contribution in [0.2, 0.25) is 0 Å². The molecule has 158 valence electrons. The predicted molar refractivity (Wildman–Crippen MR) is 123 cm³/mol. The molecule has 0 saturated heterocycles. The summed E-state index contributed by atoms with van der Waals surface area (Å²) in [5.74, 6) is 1.33. The molecule has 0 bridgehead atoms. The first kappa shape index (κ1) is 22.3. The number of carbonyl (C=O) groups excluding carboxylic acids is 1. The number of hydrogen-bond donors (Lipinski definition) is 2. The maximum atomic E-state index is 12.3. The quantitative estimate of drug-likeness (QED) is 0.373. The fraction of sp³-hybridized carbons (Fsp3) is 0.318. The predicted octanol–water partition coefficient (Wildman–Crippen LogP) is 5.09. The van der Waals surface area contributed by atoms with Crippen LogP contribution in [0.1, 0.15) is 48.8 Å². The van der Waals surface area contributed by atoms with Crippen LogP contribution in [0.5, 0.6) is 0 Å². The van der Waals surface area contributed by atoms with Crippen molar-refractivity contribution < 1.29 is 9.21 Å². The van der Waals surface area contributed by atoms with E-state index in [1.54, 1.807) is 24.2 Å². The normalized spacial score (nSPS) is 12.5. The zero-order valence-corrected chi connectivity index (χ0v) is 19.0. The lowest BCUT2D eigenvalue weighted by Gasteiger charge is -2.15. The summed E-state index contributed by atoms with van der Waals surface area (Å²) in [6, 6.07) is 5.89. The van der Waals surface area contributed by atoms with Crippen LogP contribution in [0.15, 0.2) is 57.9 Å². The minimum Gasteiger partial charge on any atom is -0.444 e. The number of rotatable bonds is 8. The molecule has 1 aromatic carbocycles. The molecule has 6 nitrogen and oxygen atoms in total. The van der Waals surface area contributed by atoms with Gasteiger partial charge in [0.05, 0.1) is 12.6 Å². The van der Waals surface area contributed by atoms with E-state index >= 15 is 0 Å². The van der Waals surface area contributed by atoms with E-state index in [-0.39, 0.29) is 23.0 Å². The Morgan fingerprint density at radius 3 is 2.80 bits per heavy atom. The number of thioether (sulfide) groups is 1. The van der Waals surface area contributed by atoms with Crippen molar-refractivity contribution in [3.05, 3.63) is 71.4 Å².